The molecule has 0 fully saturated rings. The molecule has 0 unspecified atom stereocenters. The van der Waals surface area contributed by atoms with E-state index >= 15 is 0 Å². The summed E-state index contributed by atoms with van der Waals surface area (Å²) in [5, 5.41) is 8.84. The van der Waals surface area contributed by atoms with Gasteiger partial charge in [-0.2, -0.15) is 0 Å². The normalized spacial score (nSPS) is 10.5. The molecule has 3 aromatic rings. The molecule has 32 heavy (non-hydrogen) atoms. The number of ether oxygens (including phenoxy) is 1. The Morgan fingerprint density at radius 2 is 1.56 bits per heavy atom. The molecule has 2 amide bonds. The van der Waals surface area contributed by atoms with Crippen LogP contribution in [0, 0.1) is 5.92 Å². The van der Waals surface area contributed by atoms with E-state index in [2.05, 4.69) is 29.8 Å². The smallest absolute Gasteiger partial charge is 0.251 e. The standard InChI is InChI=1S/C26H29N3O3/c1-19(2)18-32-24-11-7-6-10-23(24)27-17-25(30)29-22-14-12-21(13-15-22)26(31)28-16-20-8-4-3-5-9-20/h3-15,19,27H,16-18H2,1-2H3,(H,28,31)(H,29,30). The summed E-state index contributed by atoms with van der Waals surface area (Å²) < 4.78 is 5.80. The lowest BCUT2D eigenvalue weighted by Gasteiger charge is -2.14. The van der Waals surface area contributed by atoms with Gasteiger partial charge in [0.25, 0.3) is 5.91 Å². The van der Waals surface area contributed by atoms with Crippen LogP contribution in [0.25, 0.3) is 0 Å². The number of carbonyl (C=O) groups excluding carboxylic acids is 2. The maximum Gasteiger partial charge on any atom is 0.251 e. The number of carbonyl (C=O) groups is 2. The number of para-hydroxylation sites is 2. The molecule has 0 saturated carbocycles. The minimum atomic E-state index is -0.190. The van der Waals surface area contributed by atoms with Crippen molar-refractivity contribution in [2.45, 2.75) is 20.4 Å². The minimum absolute atomic E-state index is 0.0986. The monoisotopic (exact) mass is 431 g/mol. The van der Waals surface area contributed by atoms with E-state index in [-0.39, 0.29) is 18.4 Å². The fourth-order valence-corrected chi connectivity index (χ4v) is 2.96. The van der Waals surface area contributed by atoms with E-state index in [1.165, 1.54) is 0 Å². The first kappa shape index (κ1) is 22.9. The van der Waals surface area contributed by atoms with Gasteiger partial charge in [-0.3, -0.25) is 9.59 Å². The van der Waals surface area contributed by atoms with Gasteiger partial charge in [0.1, 0.15) is 5.75 Å². The zero-order chi connectivity index (χ0) is 22.8. The predicted octanol–water partition coefficient (Wildman–Crippen LogP) is 4.70. The van der Waals surface area contributed by atoms with Crippen LogP contribution in [0.4, 0.5) is 11.4 Å². The quantitative estimate of drug-likeness (QED) is 0.435. The number of hydrogen-bond donors (Lipinski definition) is 3. The second-order valence-corrected chi connectivity index (χ2v) is 7.85. The maximum atomic E-state index is 12.3. The van der Waals surface area contributed by atoms with Gasteiger partial charge in [0.15, 0.2) is 0 Å². The molecule has 0 saturated heterocycles. The lowest BCUT2D eigenvalue weighted by Crippen LogP contribution is -2.23. The van der Waals surface area contributed by atoms with E-state index < -0.39 is 0 Å². The number of amides is 2. The Labute approximate surface area is 189 Å². The van der Waals surface area contributed by atoms with Crippen LogP contribution in [-0.4, -0.2) is 25.0 Å². The number of hydrogen-bond acceptors (Lipinski definition) is 4. The third kappa shape index (κ3) is 7.16. The molecule has 0 radical (unpaired) electrons. The average Bonchev–Trinajstić information content (AvgIpc) is 2.81. The van der Waals surface area contributed by atoms with Gasteiger partial charge in [0.05, 0.1) is 18.8 Å². The van der Waals surface area contributed by atoms with Crippen LogP contribution < -0.4 is 20.7 Å². The highest BCUT2D eigenvalue weighted by molar-refractivity contribution is 5.96. The van der Waals surface area contributed by atoms with Crippen LogP contribution in [0.15, 0.2) is 78.9 Å². The average molecular weight is 432 g/mol. The molecule has 6 heteroatoms. The number of anilines is 2. The summed E-state index contributed by atoms with van der Waals surface area (Å²) in [7, 11) is 0. The highest BCUT2D eigenvalue weighted by Crippen LogP contribution is 2.24. The fourth-order valence-electron chi connectivity index (χ4n) is 2.96. The van der Waals surface area contributed by atoms with Gasteiger partial charge in [-0.15, -0.1) is 0 Å². The first-order chi connectivity index (χ1) is 15.5. The molecule has 6 nitrogen and oxygen atoms in total. The van der Waals surface area contributed by atoms with Crippen molar-refractivity contribution < 1.29 is 14.3 Å². The Hall–Kier alpha value is -3.80. The van der Waals surface area contributed by atoms with Gasteiger partial charge in [-0.1, -0.05) is 56.3 Å². The summed E-state index contributed by atoms with van der Waals surface area (Å²) in [6.45, 7) is 5.34. The van der Waals surface area contributed by atoms with E-state index in [9.17, 15) is 9.59 Å². The van der Waals surface area contributed by atoms with Crippen LogP contribution in [0.1, 0.15) is 29.8 Å². The lowest BCUT2D eigenvalue weighted by molar-refractivity contribution is -0.114. The van der Waals surface area contributed by atoms with E-state index in [1.54, 1.807) is 24.3 Å². The van der Waals surface area contributed by atoms with Gasteiger partial charge in [-0.25, -0.2) is 0 Å². The molecular weight excluding hydrogens is 402 g/mol. The highest BCUT2D eigenvalue weighted by atomic mass is 16.5. The molecule has 0 heterocycles. The van der Waals surface area contributed by atoms with Crippen molar-refractivity contribution in [3.63, 3.8) is 0 Å². The van der Waals surface area contributed by atoms with E-state index in [1.807, 2.05) is 54.6 Å². The zero-order valence-corrected chi connectivity index (χ0v) is 18.4. The van der Waals surface area contributed by atoms with Crippen LogP contribution in [0.5, 0.6) is 5.75 Å². The summed E-state index contributed by atoms with van der Waals surface area (Å²) >= 11 is 0. The maximum absolute atomic E-state index is 12.3. The van der Waals surface area contributed by atoms with Gasteiger partial charge in [0.2, 0.25) is 5.91 Å². The summed E-state index contributed by atoms with van der Waals surface area (Å²) in [6, 6.07) is 24.1. The van der Waals surface area contributed by atoms with Crippen molar-refractivity contribution in [2.24, 2.45) is 5.92 Å². The molecule has 0 spiro atoms. The van der Waals surface area contributed by atoms with Crippen LogP contribution in [0.2, 0.25) is 0 Å². The summed E-state index contributed by atoms with van der Waals surface area (Å²) in [5.41, 5.74) is 2.97. The number of rotatable bonds is 10. The number of benzene rings is 3. The second kappa shape index (κ2) is 11.6. The van der Waals surface area contributed by atoms with E-state index in [0.717, 1.165) is 17.0 Å². The number of nitrogens with one attached hydrogen (secondary N) is 3. The summed E-state index contributed by atoms with van der Waals surface area (Å²) in [4.78, 5) is 24.7. The Bertz CT molecular complexity index is 1020. The molecule has 166 valence electrons. The van der Waals surface area contributed by atoms with Crippen molar-refractivity contribution in [1.82, 2.24) is 5.32 Å². The van der Waals surface area contributed by atoms with Crippen LogP contribution >= 0.6 is 0 Å². The molecule has 0 aliphatic carbocycles. The summed E-state index contributed by atoms with van der Waals surface area (Å²) in [5.74, 6) is 0.783. The van der Waals surface area contributed by atoms with Crippen molar-refractivity contribution >= 4 is 23.2 Å². The van der Waals surface area contributed by atoms with Crippen LogP contribution in [-0.2, 0) is 11.3 Å². The van der Waals surface area contributed by atoms with Crippen molar-refractivity contribution in [1.29, 1.82) is 0 Å². The molecule has 0 bridgehead atoms. The largest absolute Gasteiger partial charge is 0.491 e. The fraction of sp³-hybridized carbons (Fsp3) is 0.231. The molecule has 0 aliphatic heterocycles. The highest BCUT2D eigenvalue weighted by Gasteiger charge is 2.09. The Morgan fingerprint density at radius 1 is 0.875 bits per heavy atom. The predicted molar refractivity (Wildman–Crippen MR) is 128 cm³/mol. The second-order valence-electron chi connectivity index (χ2n) is 7.85. The van der Waals surface area contributed by atoms with E-state index in [4.69, 9.17) is 4.74 Å². The van der Waals surface area contributed by atoms with Gasteiger partial charge >= 0.3 is 0 Å². The Kier molecular flexibility index (Phi) is 8.26. The van der Waals surface area contributed by atoms with E-state index in [0.29, 0.717) is 30.3 Å². The Morgan fingerprint density at radius 3 is 2.28 bits per heavy atom. The lowest BCUT2D eigenvalue weighted by atomic mass is 10.1. The van der Waals surface area contributed by atoms with Crippen molar-refractivity contribution in [3.05, 3.63) is 90.0 Å². The third-order valence-corrected chi connectivity index (χ3v) is 4.63. The molecule has 0 aliphatic rings. The molecule has 0 aromatic heterocycles. The van der Waals surface area contributed by atoms with Gasteiger partial charge < -0.3 is 20.7 Å². The first-order valence-corrected chi connectivity index (χ1v) is 10.7. The molecule has 3 N–H and O–H groups in total. The Balaban J connectivity index is 1.48. The van der Waals surface area contributed by atoms with Gasteiger partial charge in [-0.05, 0) is 47.9 Å². The SMILES string of the molecule is CC(C)COc1ccccc1NCC(=O)Nc1ccc(C(=O)NCc2ccccc2)cc1. The zero-order valence-electron chi connectivity index (χ0n) is 18.4. The molecular formula is C26H29N3O3. The molecule has 0 atom stereocenters. The molecule has 3 aromatic carbocycles. The minimum Gasteiger partial charge on any atom is -0.491 e. The van der Waals surface area contributed by atoms with Crippen molar-refractivity contribution in [2.75, 3.05) is 23.8 Å². The first-order valence-electron chi connectivity index (χ1n) is 10.7. The third-order valence-electron chi connectivity index (χ3n) is 4.63. The summed E-state index contributed by atoms with van der Waals surface area (Å²) in [6.07, 6.45) is 0. The van der Waals surface area contributed by atoms with Gasteiger partial charge in [0, 0.05) is 17.8 Å². The molecule has 3 rings (SSSR count). The van der Waals surface area contributed by atoms with Crippen molar-refractivity contribution in [3.8, 4) is 5.75 Å². The topological polar surface area (TPSA) is 79.5 Å². The van der Waals surface area contributed by atoms with Crippen LogP contribution in [0.3, 0.4) is 0 Å².